The van der Waals surface area contributed by atoms with E-state index >= 15 is 0 Å². The Morgan fingerprint density at radius 2 is 1.86 bits per heavy atom. The van der Waals surface area contributed by atoms with Crippen molar-refractivity contribution in [1.82, 2.24) is 4.90 Å². The van der Waals surface area contributed by atoms with Gasteiger partial charge < -0.3 is 9.79 Å². The van der Waals surface area contributed by atoms with Crippen LogP contribution in [0, 0.1) is 0 Å². The summed E-state index contributed by atoms with van der Waals surface area (Å²) in [5.74, 6) is 1.60. The van der Waals surface area contributed by atoms with Crippen LogP contribution in [0.5, 0.6) is 5.75 Å². The Balaban J connectivity index is 1.11. The van der Waals surface area contributed by atoms with E-state index in [-0.39, 0.29) is 0 Å². The van der Waals surface area contributed by atoms with Crippen LogP contribution in [0.1, 0.15) is 35.4 Å². The van der Waals surface area contributed by atoms with Crippen molar-refractivity contribution in [1.29, 1.82) is 0 Å². The molecule has 0 radical (unpaired) electrons. The number of rotatable bonds is 5. The van der Waals surface area contributed by atoms with Crippen molar-refractivity contribution >= 4 is 17.3 Å². The lowest BCUT2D eigenvalue weighted by molar-refractivity contribution is -0.215. The zero-order valence-electron chi connectivity index (χ0n) is 16.2. The number of benzene rings is 2. The van der Waals surface area contributed by atoms with Crippen LogP contribution in [0.2, 0.25) is 5.02 Å². The molecule has 2 aromatic carbocycles. The standard InChI is InChI=1S/C23H27ClN2O2/c24-21-6-1-5-18-17(16-20(18)21)4-3-10-25-11-13-26(14-12-25)22-7-2-8-23-19(22)9-15-27-28-23/h1-2,5-8,17H,3-4,9-16H2/t17-/m1/s1. The molecule has 3 aliphatic rings. The van der Waals surface area contributed by atoms with Crippen LogP contribution in [-0.2, 0) is 17.7 Å². The van der Waals surface area contributed by atoms with Gasteiger partial charge in [-0.25, -0.2) is 0 Å². The monoisotopic (exact) mass is 398 g/mol. The first-order chi connectivity index (χ1) is 13.8. The number of hydrogen-bond acceptors (Lipinski definition) is 4. The molecule has 0 saturated carbocycles. The van der Waals surface area contributed by atoms with Gasteiger partial charge in [-0.05, 0) is 61.1 Å². The lowest BCUT2D eigenvalue weighted by Crippen LogP contribution is -2.47. The van der Waals surface area contributed by atoms with Crippen molar-refractivity contribution < 1.29 is 9.78 Å². The van der Waals surface area contributed by atoms with E-state index in [9.17, 15) is 0 Å². The van der Waals surface area contributed by atoms with Crippen LogP contribution in [0.4, 0.5) is 5.69 Å². The van der Waals surface area contributed by atoms with Gasteiger partial charge in [0.15, 0.2) is 5.75 Å². The summed E-state index contributed by atoms with van der Waals surface area (Å²) in [6.07, 6.45) is 4.63. The first-order valence-electron chi connectivity index (χ1n) is 10.5. The molecule has 2 aromatic rings. The largest absolute Gasteiger partial charge is 0.369 e. The summed E-state index contributed by atoms with van der Waals surface area (Å²) in [4.78, 5) is 15.6. The number of nitrogens with zero attached hydrogens (tertiary/aromatic N) is 2. The second-order valence-corrected chi connectivity index (χ2v) is 8.50. The average molecular weight is 399 g/mol. The molecule has 5 heteroatoms. The highest BCUT2D eigenvalue weighted by Crippen LogP contribution is 2.42. The zero-order valence-corrected chi connectivity index (χ0v) is 17.0. The van der Waals surface area contributed by atoms with Crippen LogP contribution >= 0.6 is 11.6 Å². The van der Waals surface area contributed by atoms with Gasteiger partial charge in [-0.3, -0.25) is 4.90 Å². The van der Waals surface area contributed by atoms with E-state index < -0.39 is 0 Å². The normalized spacial score (nSPS) is 21.5. The maximum absolute atomic E-state index is 6.27. The van der Waals surface area contributed by atoms with Gasteiger partial charge in [0.05, 0.1) is 6.61 Å². The first kappa shape index (κ1) is 18.3. The fraction of sp³-hybridized carbons (Fsp3) is 0.478. The molecule has 0 unspecified atom stereocenters. The highest BCUT2D eigenvalue weighted by Gasteiger charge is 2.28. The summed E-state index contributed by atoms with van der Waals surface area (Å²) in [7, 11) is 0. The Bertz CT molecular complexity index is 848. The lowest BCUT2D eigenvalue weighted by Gasteiger charge is -2.38. The van der Waals surface area contributed by atoms with Gasteiger partial charge in [-0.2, -0.15) is 4.89 Å². The van der Waals surface area contributed by atoms with Crippen LogP contribution in [0.15, 0.2) is 36.4 Å². The third kappa shape index (κ3) is 3.49. The van der Waals surface area contributed by atoms with Gasteiger partial charge >= 0.3 is 0 Å². The summed E-state index contributed by atoms with van der Waals surface area (Å²) >= 11 is 6.27. The second-order valence-electron chi connectivity index (χ2n) is 8.09. The molecule has 2 aliphatic heterocycles. The minimum absolute atomic E-state index is 0.638. The Morgan fingerprint density at radius 1 is 1.00 bits per heavy atom. The Hall–Kier alpha value is -1.75. The summed E-state index contributed by atoms with van der Waals surface area (Å²) in [5.41, 5.74) is 5.48. The van der Waals surface area contributed by atoms with Crippen LogP contribution < -0.4 is 9.79 Å². The lowest BCUT2D eigenvalue weighted by atomic mass is 9.75. The predicted molar refractivity (Wildman–Crippen MR) is 113 cm³/mol. The SMILES string of the molecule is Clc1cccc2c1C[C@H]2CCCN1CCN(c2cccc3c2CCOO3)CC1. The van der Waals surface area contributed by atoms with Crippen LogP contribution in [0.3, 0.4) is 0 Å². The highest BCUT2D eigenvalue weighted by atomic mass is 35.5. The summed E-state index contributed by atoms with van der Waals surface area (Å²) < 4.78 is 0. The molecule has 0 bridgehead atoms. The van der Waals surface area contributed by atoms with Gasteiger partial charge in [0.25, 0.3) is 0 Å². The van der Waals surface area contributed by atoms with Gasteiger partial charge in [0.2, 0.25) is 0 Å². The molecule has 0 amide bonds. The van der Waals surface area contributed by atoms with Crippen molar-refractivity contribution in [3.8, 4) is 5.75 Å². The molecule has 2 heterocycles. The summed E-state index contributed by atoms with van der Waals surface area (Å²) in [5, 5.41) is 0.949. The van der Waals surface area contributed by atoms with Crippen molar-refractivity contribution in [2.75, 3.05) is 44.2 Å². The maximum atomic E-state index is 6.27. The summed E-state index contributed by atoms with van der Waals surface area (Å²) in [6, 6.07) is 12.6. The quantitative estimate of drug-likeness (QED) is 0.695. The number of anilines is 1. The number of halogens is 1. The van der Waals surface area contributed by atoms with Crippen LogP contribution in [-0.4, -0.2) is 44.2 Å². The van der Waals surface area contributed by atoms with E-state index in [1.54, 1.807) is 0 Å². The molecule has 0 N–H and O–H groups in total. The van der Waals surface area contributed by atoms with E-state index in [1.807, 2.05) is 12.1 Å². The Morgan fingerprint density at radius 3 is 2.75 bits per heavy atom. The van der Waals surface area contributed by atoms with E-state index in [1.165, 1.54) is 41.8 Å². The first-order valence-corrected chi connectivity index (χ1v) is 10.8. The topological polar surface area (TPSA) is 24.9 Å². The Kier molecular flexibility index (Phi) is 5.19. The third-order valence-electron chi connectivity index (χ3n) is 6.48. The average Bonchev–Trinajstić information content (AvgIpc) is 2.72. The number of fused-ring (bicyclic) bond motifs is 2. The van der Waals surface area contributed by atoms with E-state index in [4.69, 9.17) is 21.4 Å². The minimum Gasteiger partial charge on any atom is -0.369 e. The van der Waals surface area contributed by atoms with Gasteiger partial charge in [0.1, 0.15) is 0 Å². The molecular formula is C23H27ClN2O2. The van der Waals surface area contributed by atoms with E-state index in [0.29, 0.717) is 12.5 Å². The molecule has 148 valence electrons. The fourth-order valence-corrected chi connectivity index (χ4v) is 5.12. The molecule has 1 fully saturated rings. The highest BCUT2D eigenvalue weighted by molar-refractivity contribution is 6.31. The third-order valence-corrected chi connectivity index (χ3v) is 6.83. The molecule has 0 aromatic heterocycles. The number of hydrogen-bond donors (Lipinski definition) is 0. The van der Waals surface area contributed by atoms with Gasteiger partial charge in [0, 0.05) is 48.9 Å². The van der Waals surface area contributed by atoms with Crippen molar-refractivity contribution in [3.05, 3.63) is 58.1 Å². The molecule has 0 spiro atoms. The number of piperazine rings is 1. The van der Waals surface area contributed by atoms with E-state index in [0.717, 1.165) is 49.8 Å². The smallest absolute Gasteiger partial charge is 0.170 e. The molecular weight excluding hydrogens is 372 g/mol. The fourth-order valence-electron chi connectivity index (χ4n) is 4.86. The summed E-state index contributed by atoms with van der Waals surface area (Å²) in [6.45, 7) is 6.27. The van der Waals surface area contributed by atoms with Crippen molar-refractivity contribution in [2.45, 2.75) is 31.6 Å². The molecule has 28 heavy (non-hydrogen) atoms. The maximum Gasteiger partial charge on any atom is 0.170 e. The van der Waals surface area contributed by atoms with Gasteiger partial charge in [-0.1, -0.05) is 29.8 Å². The zero-order chi connectivity index (χ0) is 18.9. The van der Waals surface area contributed by atoms with E-state index in [2.05, 4.69) is 34.1 Å². The molecule has 1 saturated heterocycles. The van der Waals surface area contributed by atoms with Crippen molar-refractivity contribution in [2.24, 2.45) is 0 Å². The predicted octanol–water partition coefficient (Wildman–Crippen LogP) is 4.45. The minimum atomic E-state index is 0.638. The molecule has 1 aliphatic carbocycles. The molecule has 4 nitrogen and oxygen atoms in total. The molecule has 1 atom stereocenters. The van der Waals surface area contributed by atoms with Gasteiger partial charge in [-0.15, -0.1) is 0 Å². The second kappa shape index (κ2) is 7.94. The molecule has 5 rings (SSSR count). The van der Waals surface area contributed by atoms with Crippen LogP contribution in [0.25, 0.3) is 0 Å². The Labute approximate surface area is 171 Å². The van der Waals surface area contributed by atoms with Crippen molar-refractivity contribution in [3.63, 3.8) is 0 Å².